The lowest BCUT2D eigenvalue weighted by atomic mass is 9.90. The third-order valence-corrected chi connectivity index (χ3v) is 6.83. The summed E-state index contributed by atoms with van der Waals surface area (Å²) >= 11 is 0. The fraction of sp³-hybridized carbons (Fsp3) is 0.267. The molecule has 0 aliphatic carbocycles. The van der Waals surface area contributed by atoms with E-state index in [9.17, 15) is 10.1 Å². The highest BCUT2D eigenvalue weighted by atomic mass is 16.1. The van der Waals surface area contributed by atoms with Gasteiger partial charge >= 0.3 is 0 Å². The van der Waals surface area contributed by atoms with E-state index in [0.29, 0.717) is 29.5 Å². The Morgan fingerprint density at radius 2 is 1.47 bits per heavy atom. The van der Waals surface area contributed by atoms with Crippen molar-refractivity contribution < 1.29 is 4.79 Å². The van der Waals surface area contributed by atoms with Crippen LogP contribution in [0.15, 0.2) is 84.9 Å². The van der Waals surface area contributed by atoms with Gasteiger partial charge in [-0.15, -0.1) is 0 Å². The van der Waals surface area contributed by atoms with E-state index in [0.717, 1.165) is 43.4 Å². The molecule has 1 fully saturated rings. The summed E-state index contributed by atoms with van der Waals surface area (Å²) in [6, 6.07) is 30.1. The van der Waals surface area contributed by atoms with Gasteiger partial charge < -0.3 is 10.2 Å². The van der Waals surface area contributed by atoms with Crippen LogP contribution in [-0.4, -0.2) is 29.0 Å². The Labute approximate surface area is 211 Å². The summed E-state index contributed by atoms with van der Waals surface area (Å²) in [5.41, 5.74) is 4.23. The Morgan fingerprint density at radius 1 is 0.889 bits per heavy atom. The molecule has 1 aliphatic heterocycles. The first-order valence-electron chi connectivity index (χ1n) is 12.5. The van der Waals surface area contributed by atoms with E-state index in [-0.39, 0.29) is 5.91 Å². The highest BCUT2D eigenvalue weighted by Crippen LogP contribution is 2.31. The fourth-order valence-corrected chi connectivity index (χ4v) is 4.86. The van der Waals surface area contributed by atoms with Crippen LogP contribution in [0.1, 0.15) is 35.6 Å². The molecule has 6 nitrogen and oxygen atoms in total. The first kappa shape index (κ1) is 23.5. The molecule has 1 N–H and O–H groups in total. The summed E-state index contributed by atoms with van der Waals surface area (Å²) in [5, 5.41) is 13.0. The Morgan fingerprint density at radius 3 is 2.11 bits per heavy atom. The highest BCUT2D eigenvalue weighted by Gasteiger charge is 2.30. The molecule has 1 aliphatic rings. The van der Waals surface area contributed by atoms with Gasteiger partial charge in [0.05, 0.1) is 17.1 Å². The number of benzene rings is 3. The number of carbonyl (C=O) groups excluding carboxylic acids is 1. The summed E-state index contributed by atoms with van der Waals surface area (Å²) in [5.74, 6) is -0.149. The lowest BCUT2D eigenvalue weighted by molar-refractivity contribution is -0.121. The lowest BCUT2D eigenvalue weighted by Gasteiger charge is -2.34. The van der Waals surface area contributed by atoms with E-state index < -0.39 is 5.92 Å². The monoisotopic (exact) mass is 475 g/mol. The van der Waals surface area contributed by atoms with Gasteiger partial charge in [-0.2, -0.15) is 5.26 Å². The van der Waals surface area contributed by atoms with Crippen LogP contribution in [0.5, 0.6) is 0 Å². The van der Waals surface area contributed by atoms with E-state index in [1.807, 2.05) is 60.7 Å². The quantitative estimate of drug-likeness (QED) is 0.406. The zero-order chi connectivity index (χ0) is 24.7. The molecule has 36 heavy (non-hydrogen) atoms. The van der Waals surface area contributed by atoms with Gasteiger partial charge in [-0.1, -0.05) is 72.8 Å². The fourth-order valence-electron chi connectivity index (χ4n) is 4.86. The Bertz CT molecular complexity index is 1360. The molecule has 1 atom stereocenters. The van der Waals surface area contributed by atoms with Crippen LogP contribution < -0.4 is 10.2 Å². The van der Waals surface area contributed by atoms with Crippen molar-refractivity contribution in [1.29, 1.82) is 5.26 Å². The highest BCUT2D eigenvalue weighted by molar-refractivity contribution is 5.88. The van der Waals surface area contributed by atoms with Crippen LogP contribution >= 0.6 is 0 Å². The van der Waals surface area contributed by atoms with Gasteiger partial charge in [0.15, 0.2) is 11.7 Å². The standard InChI is InChI=1S/C30H29N5O/c31-20-25(30(36)32-21-24-11-5-2-6-12-24)28-29(34-27-14-8-7-13-26(27)33-28)35-17-15-23(16-18-35)19-22-9-3-1-4-10-22/h1-14,23,25H,15-19,21H2,(H,32,36). The van der Waals surface area contributed by atoms with Gasteiger partial charge in [-0.05, 0) is 48.4 Å². The minimum atomic E-state index is -1.04. The zero-order valence-corrected chi connectivity index (χ0v) is 20.2. The largest absolute Gasteiger partial charge is 0.355 e. The second-order valence-electron chi connectivity index (χ2n) is 9.31. The Kier molecular flexibility index (Phi) is 7.18. The maximum absolute atomic E-state index is 13.2. The second kappa shape index (κ2) is 11.0. The molecule has 1 amide bonds. The molecule has 2 heterocycles. The van der Waals surface area contributed by atoms with E-state index in [1.54, 1.807) is 0 Å². The van der Waals surface area contributed by atoms with Gasteiger partial charge in [-0.3, -0.25) is 4.79 Å². The number of para-hydroxylation sites is 2. The van der Waals surface area contributed by atoms with Crippen molar-refractivity contribution in [3.63, 3.8) is 0 Å². The summed E-state index contributed by atoms with van der Waals surface area (Å²) in [6.07, 6.45) is 3.12. The number of nitrogens with one attached hydrogen (secondary N) is 1. The van der Waals surface area contributed by atoms with Crippen LogP contribution in [0.25, 0.3) is 11.0 Å². The maximum Gasteiger partial charge on any atom is 0.243 e. The molecule has 4 aromatic rings. The molecule has 1 aromatic heterocycles. The van der Waals surface area contributed by atoms with Gasteiger partial charge in [-0.25, -0.2) is 9.97 Å². The third-order valence-electron chi connectivity index (χ3n) is 6.83. The Hall–Kier alpha value is -4.24. The van der Waals surface area contributed by atoms with Gasteiger partial charge in [0.25, 0.3) is 0 Å². The average Bonchev–Trinajstić information content (AvgIpc) is 2.93. The summed E-state index contributed by atoms with van der Waals surface area (Å²) in [4.78, 5) is 25.1. The van der Waals surface area contributed by atoms with Crippen molar-refractivity contribution in [2.75, 3.05) is 18.0 Å². The van der Waals surface area contributed by atoms with Crippen LogP contribution in [0.2, 0.25) is 0 Å². The van der Waals surface area contributed by atoms with E-state index in [4.69, 9.17) is 9.97 Å². The minimum absolute atomic E-state index is 0.355. The molecule has 1 unspecified atom stereocenters. The van der Waals surface area contributed by atoms with Crippen molar-refractivity contribution in [2.45, 2.75) is 31.7 Å². The molecular weight excluding hydrogens is 446 g/mol. The van der Waals surface area contributed by atoms with Gasteiger partial charge in [0, 0.05) is 19.6 Å². The molecule has 0 radical (unpaired) electrons. The predicted molar refractivity (Wildman–Crippen MR) is 141 cm³/mol. The van der Waals surface area contributed by atoms with E-state index in [1.165, 1.54) is 5.56 Å². The first-order chi connectivity index (χ1) is 17.7. The van der Waals surface area contributed by atoms with Crippen LogP contribution in [0.3, 0.4) is 0 Å². The molecule has 5 rings (SSSR count). The van der Waals surface area contributed by atoms with Crippen LogP contribution in [0.4, 0.5) is 5.82 Å². The van der Waals surface area contributed by atoms with Crippen molar-refractivity contribution in [3.8, 4) is 6.07 Å². The first-order valence-corrected chi connectivity index (χ1v) is 12.5. The Balaban J connectivity index is 1.37. The number of nitrogens with zero attached hydrogens (tertiary/aromatic N) is 4. The number of fused-ring (bicyclic) bond motifs is 1. The van der Waals surface area contributed by atoms with Crippen molar-refractivity contribution in [3.05, 3.63) is 102 Å². The predicted octanol–water partition coefficient (Wildman–Crippen LogP) is 5.01. The number of anilines is 1. The molecule has 6 heteroatoms. The molecule has 0 saturated carbocycles. The second-order valence-corrected chi connectivity index (χ2v) is 9.31. The molecule has 0 spiro atoms. The van der Waals surface area contributed by atoms with Crippen molar-refractivity contribution >= 4 is 22.8 Å². The lowest BCUT2D eigenvalue weighted by Crippen LogP contribution is -2.37. The van der Waals surface area contributed by atoms with Crippen molar-refractivity contribution in [2.24, 2.45) is 5.92 Å². The average molecular weight is 476 g/mol. The number of carbonyl (C=O) groups is 1. The smallest absolute Gasteiger partial charge is 0.243 e. The SMILES string of the molecule is N#CC(C(=O)NCc1ccccc1)c1nc2ccccc2nc1N1CCC(Cc2ccccc2)CC1. The number of piperidine rings is 1. The zero-order valence-electron chi connectivity index (χ0n) is 20.2. The van der Waals surface area contributed by atoms with Gasteiger partial charge in [0.2, 0.25) is 5.91 Å². The summed E-state index contributed by atoms with van der Waals surface area (Å²) in [6.45, 7) is 2.00. The molecule has 3 aromatic carbocycles. The normalized spacial score (nSPS) is 14.8. The number of nitriles is 1. The summed E-state index contributed by atoms with van der Waals surface area (Å²) < 4.78 is 0. The van der Waals surface area contributed by atoms with Crippen LogP contribution in [0, 0.1) is 17.2 Å². The number of hydrogen-bond acceptors (Lipinski definition) is 5. The minimum Gasteiger partial charge on any atom is -0.355 e. The molecule has 0 bridgehead atoms. The summed E-state index contributed by atoms with van der Waals surface area (Å²) in [7, 11) is 0. The molecular formula is C30H29N5O. The number of aromatic nitrogens is 2. The number of hydrogen-bond donors (Lipinski definition) is 1. The maximum atomic E-state index is 13.2. The number of rotatable bonds is 7. The third kappa shape index (κ3) is 5.36. The van der Waals surface area contributed by atoms with Crippen LogP contribution in [-0.2, 0) is 17.8 Å². The number of amides is 1. The van der Waals surface area contributed by atoms with E-state index in [2.05, 4.69) is 40.6 Å². The topological polar surface area (TPSA) is 81.9 Å². The van der Waals surface area contributed by atoms with E-state index >= 15 is 0 Å². The molecule has 1 saturated heterocycles. The molecule has 180 valence electrons. The van der Waals surface area contributed by atoms with Gasteiger partial charge in [0.1, 0.15) is 5.69 Å². The van der Waals surface area contributed by atoms with Crippen molar-refractivity contribution in [1.82, 2.24) is 15.3 Å².